The first-order valence-electron chi connectivity index (χ1n) is 11.6. The quantitative estimate of drug-likeness (QED) is 0.418. The van der Waals surface area contributed by atoms with E-state index in [-0.39, 0.29) is 17.1 Å². The first-order valence-corrected chi connectivity index (χ1v) is 11.6. The summed E-state index contributed by atoms with van der Waals surface area (Å²) in [6, 6.07) is 17.8. The summed E-state index contributed by atoms with van der Waals surface area (Å²) in [4.78, 5) is 18.3. The summed E-state index contributed by atoms with van der Waals surface area (Å²) in [5.41, 5.74) is 2.27. The van der Waals surface area contributed by atoms with Gasteiger partial charge in [-0.05, 0) is 67.4 Å². The maximum Gasteiger partial charge on any atom is 0.252 e. The number of tetrazole rings is 1. The van der Waals surface area contributed by atoms with Crippen LogP contribution in [0, 0.1) is 0 Å². The molecule has 0 aliphatic heterocycles. The van der Waals surface area contributed by atoms with Gasteiger partial charge in [-0.25, -0.2) is 4.68 Å². The highest BCUT2D eigenvalue weighted by Crippen LogP contribution is 2.29. The van der Waals surface area contributed by atoms with Gasteiger partial charge in [-0.1, -0.05) is 37.3 Å². The molecule has 0 radical (unpaired) electrons. The maximum atomic E-state index is 13.0. The minimum Gasteiger partial charge on any atom is -0.497 e. The van der Waals surface area contributed by atoms with Crippen LogP contribution in [0.2, 0.25) is 0 Å². The fraction of sp³-hybridized carbons (Fsp3) is 0.385. The molecule has 0 aliphatic carbocycles. The fourth-order valence-electron chi connectivity index (χ4n) is 4.27. The Bertz CT molecular complexity index is 1310. The number of rotatable bonds is 8. The molecule has 2 aromatic heterocycles. The molecule has 0 amide bonds. The van der Waals surface area contributed by atoms with Crippen LogP contribution in [0.25, 0.3) is 10.9 Å². The molecule has 1 N–H and O–H groups in total. The second kappa shape index (κ2) is 9.77. The Morgan fingerprint density at radius 3 is 2.53 bits per heavy atom. The topological polar surface area (TPSA) is 88.9 Å². The predicted octanol–water partition coefficient (Wildman–Crippen LogP) is 4.43. The number of methoxy groups -OCH3 is 1. The number of nitrogens with one attached hydrogen (secondary N) is 1. The average molecular weight is 461 g/mol. The molecule has 4 aromatic rings. The smallest absolute Gasteiger partial charge is 0.252 e. The van der Waals surface area contributed by atoms with E-state index >= 15 is 0 Å². The van der Waals surface area contributed by atoms with Gasteiger partial charge in [0.2, 0.25) is 0 Å². The summed E-state index contributed by atoms with van der Waals surface area (Å²) in [7, 11) is 1.64. The fourth-order valence-corrected chi connectivity index (χ4v) is 4.27. The second-order valence-electron chi connectivity index (χ2n) is 9.51. The highest BCUT2D eigenvalue weighted by molar-refractivity contribution is 5.80. The van der Waals surface area contributed by atoms with E-state index in [4.69, 9.17) is 4.74 Å². The van der Waals surface area contributed by atoms with Crippen molar-refractivity contribution in [3.8, 4) is 5.75 Å². The van der Waals surface area contributed by atoms with E-state index in [2.05, 4.69) is 65.2 Å². The largest absolute Gasteiger partial charge is 0.497 e. The molecular weight excluding hydrogens is 428 g/mol. The van der Waals surface area contributed by atoms with Gasteiger partial charge in [0.1, 0.15) is 5.75 Å². The number of hydrogen-bond acceptors (Lipinski definition) is 6. The molecule has 0 saturated carbocycles. The number of nitrogens with zero attached hydrogens (tertiary/aromatic N) is 5. The summed E-state index contributed by atoms with van der Waals surface area (Å²) in [6.45, 7) is 9.49. The van der Waals surface area contributed by atoms with Crippen molar-refractivity contribution in [3.05, 3.63) is 81.9 Å². The van der Waals surface area contributed by atoms with Crippen LogP contribution in [-0.4, -0.2) is 37.2 Å². The van der Waals surface area contributed by atoms with Gasteiger partial charge >= 0.3 is 0 Å². The van der Waals surface area contributed by atoms with Crippen molar-refractivity contribution < 1.29 is 4.74 Å². The van der Waals surface area contributed by atoms with Gasteiger partial charge < -0.3 is 9.72 Å². The molecule has 0 spiro atoms. The van der Waals surface area contributed by atoms with Gasteiger partial charge in [0.05, 0.1) is 18.7 Å². The molecule has 0 aliphatic rings. The Kier molecular flexibility index (Phi) is 6.79. The zero-order valence-electron chi connectivity index (χ0n) is 20.4. The number of H-pyrrole nitrogens is 1. The van der Waals surface area contributed by atoms with Crippen LogP contribution in [0.3, 0.4) is 0 Å². The number of benzene rings is 2. The molecule has 2 heterocycles. The Morgan fingerprint density at radius 1 is 1.09 bits per heavy atom. The van der Waals surface area contributed by atoms with Crippen LogP contribution in [0.4, 0.5) is 0 Å². The third kappa shape index (κ3) is 5.02. The van der Waals surface area contributed by atoms with Gasteiger partial charge in [0.15, 0.2) is 5.82 Å². The zero-order valence-corrected chi connectivity index (χ0v) is 20.4. The highest BCUT2D eigenvalue weighted by Gasteiger charge is 2.29. The van der Waals surface area contributed by atoms with E-state index in [1.807, 2.05) is 47.1 Å². The molecule has 178 valence electrons. The minimum absolute atomic E-state index is 0.0742. The van der Waals surface area contributed by atoms with Gasteiger partial charge in [-0.2, -0.15) is 0 Å². The molecule has 2 aromatic carbocycles. The number of ether oxygens (including phenoxy) is 1. The van der Waals surface area contributed by atoms with Crippen molar-refractivity contribution >= 4 is 10.9 Å². The van der Waals surface area contributed by atoms with E-state index in [0.29, 0.717) is 18.7 Å². The Morgan fingerprint density at radius 2 is 1.85 bits per heavy atom. The molecule has 34 heavy (non-hydrogen) atoms. The lowest BCUT2D eigenvalue weighted by atomic mass is 10.0. The van der Waals surface area contributed by atoms with Crippen molar-refractivity contribution in [3.63, 3.8) is 0 Å². The summed E-state index contributed by atoms with van der Waals surface area (Å²) < 4.78 is 7.26. The lowest BCUT2D eigenvalue weighted by Crippen LogP contribution is -2.35. The Hall–Kier alpha value is -3.52. The van der Waals surface area contributed by atoms with Crippen molar-refractivity contribution in [1.29, 1.82) is 0 Å². The minimum atomic E-state index is -0.262. The Labute approximate surface area is 199 Å². The lowest BCUT2D eigenvalue weighted by Gasteiger charge is -2.32. The predicted molar refractivity (Wildman–Crippen MR) is 133 cm³/mol. The summed E-state index contributed by atoms with van der Waals surface area (Å²) in [5, 5.41) is 13.6. The third-order valence-electron chi connectivity index (χ3n) is 5.98. The van der Waals surface area contributed by atoms with E-state index in [1.54, 1.807) is 7.11 Å². The van der Waals surface area contributed by atoms with Gasteiger partial charge in [0, 0.05) is 29.6 Å². The van der Waals surface area contributed by atoms with E-state index in [9.17, 15) is 4.79 Å². The van der Waals surface area contributed by atoms with Crippen LogP contribution in [-0.2, 0) is 18.6 Å². The average Bonchev–Trinajstić information content (AvgIpc) is 3.31. The van der Waals surface area contributed by atoms with Gasteiger partial charge in [0.25, 0.3) is 5.56 Å². The molecule has 0 saturated heterocycles. The molecule has 1 atom stereocenters. The molecule has 4 rings (SSSR count). The summed E-state index contributed by atoms with van der Waals surface area (Å²) in [5.74, 6) is 1.55. The van der Waals surface area contributed by atoms with Crippen LogP contribution in [0.15, 0.2) is 59.4 Å². The summed E-state index contributed by atoms with van der Waals surface area (Å²) in [6.07, 6.45) is 0.794. The van der Waals surface area contributed by atoms with Crippen molar-refractivity contribution in [2.45, 2.75) is 58.8 Å². The molecule has 8 heteroatoms. The molecule has 0 fully saturated rings. The number of pyridine rings is 1. The normalized spacial score (nSPS) is 12.9. The van der Waals surface area contributed by atoms with Crippen LogP contribution >= 0.6 is 0 Å². The summed E-state index contributed by atoms with van der Waals surface area (Å²) >= 11 is 0. The van der Waals surface area contributed by atoms with E-state index in [1.165, 1.54) is 0 Å². The van der Waals surface area contributed by atoms with Crippen molar-refractivity contribution in [1.82, 2.24) is 30.1 Å². The zero-order chi connectivity index (χ0) is 24.3. The number of aromatic nitrogens is 5. The van der Waals surface area contributed by atoms with Crippen LogP contribution in [0.1, 0.15) is 57.1 Å². The van der Waals surface area contributed by atoms with Crippen molar-refractivity contribution in [2.75, 3.05) is 7.11 Å². The second-order valence-corrected chi connectivity index (χ2v) is 9.51. The first kappa shape index (κ1) is 23.6. The van der Waals surface area contributed by atoms with E-state index < -0.39 is 0 Å². The maximum absolute atomic E-state index is 13.0. The number of hydrogen-bond donors (Lipinski definition) is 1. The van der Waals surface area contributed by atoms with Crippen LogP contribution in [0.5, 0.6) is 5.75 Å². The SMILES string of the molecule is CC[C@H](c1nnnn1C(C)(C)C)N(Cc1ccccc1)Cc1cc2cc(OC)ccc2[nH]c1=O. The molecular formula is C26H32N6O2. The number of aromatic amines is 1. The first-order chi connectivity index (χ1) is 16.3. The highest BCUT2D eigenvalue weighted by atomic mass is 16.5. The van der Waals surface area contributed by atoms with Gasteiger partial charge in [-0.15, -0.1) is 5.10 Å². The Balaban J connectivity index is 1.77. The standard InChI is InChI=1S/C26H32N6O2/c1-6-23(24-28-29-30-32(24)26(2,3)4)31(16-18-10-8-7-9-11-18)17-20-14-19-15-21(34-5)12-13-22(19)27-25(20)33/h7-15,23H,6,16-17H2,1-5H3,(H,27,33)/t23-/m1/s1. The number of fused-ring (bicyclic) bond motifs is 1. The van der Waals surface area contributed by atoms with Crippen molar-refractivity contribution in [2.24, 2.45) is 0 Å². The monoisotopic (exact) mass is 460 g/mol. The third-order valence-corrected chi connectivity index (χ3v) is 5.98. The van der Waals surface area contributed by atoms with Gasteiger partial charge in [-0.3, -0.25) is 9.69 Å². The lowest BCUT2D eigenvalue weighted by molar-refractivity contribution is 0.153. The van der Waals surface area contributed by atoms with E-state index in [0.717, 1.165) is 34.5 Å². The molecule has 8 nitrogen and oxygen atoms in total. The van der Waals surface area contributed by atoms with Crippen LogP contribution < -0.4 is 10.3 Å². The molecule has 0 unspecified atom stereocenters. The molecule has 0 bridgehead atoms.